The van der Waals surface area contributed by atoms with Gasteiger partial charge in [0.1, 0.15) is 0 Å². The van der Waals surface area contributed by atoms with Gasteiger partial charge in [0.2, 0.25) is 5.88 Å². The molecule has 25 heavy (non-hydrogen) atoms. The Kier molecular flexibility index (Phi) is 7.49. The van der Waals surface area contributed by atoms with Crippen molar-refractivity contribution < 1.29 is 4.74 Å². The van der Waals surface area contributed by atoms with E-state index in [0.717, 1.165) is 37.6 Å². The van der Waals surface area contributed by atoms with Crippen LogP contribution in [0.5, 0.6) is 5.88 Å². The summed E-state index contributed by atoms with van der Waals surface area (Å²) in [6, 6.07) is 12.6. The summed E-state index contributed by atoms with van der Waals surface area (Å²) in [4.78, 5) is 11.4. The molecule has 1 N–H and O–H groups in total. The molecule has 0 atom stereocenters. The van der Waals surface area contributed by atoms with Gasteiger partial charge in [0, 0.05) is 31.4 Å². The summed E-state index contributed by atoms with van der Waals surface area (Å²) in [5.74, 6) is 1.58. The second kappa shape index (κ2) is 9.60. The molecule has 6 heteroatoms. The first kappa shape index (κ1) is 19.5. The van der Waals surface area contributed by atoms with Crippen molar-refractivity contribution in [2.45, 2.75) is 26.4 Å². The number of aromatic nitrogens is 1. The number of nitrogens with one attached hydrogen (secondary N) is 1. The lowest BCUT2D eigenvalue weighted by atomic mass is 10.0. The predicted octanol–water partition coefficient (Wildman–Crippen LogP) is 3.23. The Morgan fingerprint density at radius 2 is 2.04 bits per heavy atom. The van der Waals surface area contributed by atoms with Crippen LogP contribution in [-0.2, 0) is 19.5 Å². The molecule has 0 aliphatic carbocycles. The van der Waals surface area contributed by atoms with Crippen molar-refractivity contribution in [2.24, 2.45) is 4.99 Å². The summed E-state index contributed by atoms with van der Waals surface area (Å²) in [6.07, 6.45) is 2.79. The van der Waals surface area contributed by atoms with Crippen LogP contribution in [0.3, 0.4) is 0 Å². The summed E-state index contributed by atoms with van der Waals surface area (Å²) in [5.41, 5.74) is 3.82. The molecular formula is C19H25IN4O. The van der Waals surface area contributed by atoms with Crippen molar-refractivity contribution in [3.63, 3.8) is 0 Å². The van der Waals surface area contributed by atoms with Gasteiger partial charge in [0.15, 0.2) is 5.96 Å². The zero-order valence-electron chi connectivity index (χ0n) is 14.7. The first-order chi connectivity index (χ1) is 11.8. The molecule has 3 rings (SSSR count). The Hall–Kier alpha value is -1.83. The zero-order valence-corrected chi connectivity index (χ0v) is 17.1. The number of ether oxygens (including phenoxy) is 1. The van der Waals surface area contributed by atoms with Crippen LogP contribution in [-0.4, -0.2) is 36.0 Å². The molecule has 0 saturated carbocycles. The highest BCUT2D eigenvalue weighted by Gasteiger charge is 2.18. The van der Waals surface area contributed by atoms with Crippen molar-refractivity contribution in [1.29, 1.82) is 0 Å². The molecule has 1 aromatic heterocycles. The predicted molar refractivity (Wildman–Crippen MR) is 112 cm³/mol. The third kappa shape index (κ3) is 4.84. The van der Waals surface area contributed by atoms with Crippen LogP contribution < -0.4 is 10.1 Å². The second-order valence-electron chi connectivity index (χ2n) is 5.78. The molecule has 0 unspecified atom stereocenters. The van der Waals surface area contributed by atoms with Crippen LogP contribution in [0.1, 0.15) is 23.6 Å². The highest BCUT2D eigenvalue weighted by molar-refractivity contribution is 14.0. The number of aliphatic imine (C=N–C) groups is 1. The molecule has 5 nitrogen and oxygen atoms in total. The Morgan fingerprint density at radius 3 is 2.80 bits per heavy atom. The van der Waals surface area contributed by atoms with E-state index in [9.17, 15) is 0 Å². The first-order valence-electron chi connectivity index (χ1n) is 8.39. The smallest absolute Gasteiger partial charge is 0.218 e. The number of hydrogen-bond acceptors (Lipinski definition) is 3. The Morgan fingerprint density at radius 1 is 1.24 bits per heavy atom. The van der Waals surface area contributed by atoms with Gasteiger partial charge in [-0.2, -0.15) is 0 Å². The largest absolute Gasteiger partial charge is 0.481 e. The van der Waals surface area contributed by atoms with Gasteiger partial charge in [-0.05, 0) is 30.5 Å². The van der Waals surface area contributed by atoms with E-state index in [4.69, 9.17) is 9.73 Å². The van der Waals surface area contributed by atoms with Gasteiger partial charge in [-0.25, -0.2) is 9.98 Å². The van der Waals surface area contributed by atoms with E-state index in [2.05, 4.69) is 46.4 Å². The summed E-state index contributed by atoms with van der Waals surface area (Å²) >= 11 is 0. The van der Waals surface area contributed by atoms with Crippen LogP contribution in [0.2, 0.25) is 0 Å². The molecule has 0 spiro atoms. The maximum atomic E-state index is 5.32. The van der Waals surface area contributed by atoms with Gasteiger partial charge in [-0.3, -0.25) is 0 Å². The molecule has 1 aliphatic heterocycles. The maximum absolute atomic E-state index is 5.32. The molecule has 0 bridgehead atoms. The second-order valence-corrected chi connectivity index (χ2v) is 5.78. The average molecular weight is 452 g/mol. The lowest BCUT2D eigenvalue weighted by Crippen LogP contribution is -2.44. The minimum atomic E-state index is 0. The molecule has 0 saturated heterocycles. The number of halogens is 1. The van der Waals surface area contributed by atoms with Gasteiger partial charge in [0.25, 0.3) is 0 Å². The standard InChI is InChI=1S/C19H24N4O.HI/c1-3-20-19(22-13-16-9-6-11-21-18(16)24-2)23-12-10-15-7-4-5-8-17(15)14-23;/h4-9,11H,3,10,12-14H2,1-2H3,(H,20,22);1H. The molecule has 1 aromatic carbocycles. The van der Waals surface area contributed by atoms with Crippen LogP contribution in [0.15, 0.2) is 47.6 Å². The monoisotopic (exact) mass is 452 g/mol. The normalized spacial score (nSPS) is 13.7. The quantitative estimate of drug-likeness (QED) is 0.440. The van der Waals surface area contributed by atoms with E-state index >= 15 is 0 Å². The summed E-state index contributed by atoms with van der Waals surface area (Å²) in [7, 11) is 1.64. The summed E-state index contributed by atoms with van der Waals surface area (Å²) in [6.45, 7) is 5.37. The van der Waals surface area contributed by atoms with E-state index in [0.29, 0.717) is 12.4 Å². The van der Waals surface area contributed by atoms with Crippen LogP contribution >= 0.6 is 24.0 Å². The SMILES string of the molecule is CCNC(=NCc1cccnc1OC)N1CCc2ccccc2C1.I. The first-order valence-corrected chi connectivity index (χ1v) is 8.39. The Bertz CT molecular complexity index is 720. The molecule has 134 valence electrons. The van der Waals surface area contributed by atoms with Crippen molar-refractivity contribution in [3.8, 4) is 5.88 Å². The average Bonchev–Trinajstić information content (AvgIpc) is 2.65. The number of hydrogen-bond donors (Lipinski definition) is 1. The van der Waals surface area contributed by atoms with E-state index in [1.165, 1.54) is 11.1 Å². The molecule has 1 aliphatic rings. The van der Waals surface area contributed by atoms with E-state index < -0.39 is 0 Å². The number of benzene rings is 1. The number of fused-ring (bicyclic) bond motifs is 1. The zero-order chi connectivity index (χ0) is 16.8. The van der Waals surface area contributed by atoms with Crippen LogP contribution in [0.25, 0.3) is 0 Å². The molecular weight excluding hydrogens is 427 g/mol. The van der Waals surface area contributed by atoms with Crippen molar-refractivity contribution in [1.82, 2.24) is 15.2 Å². The summed E-state index contributed by atoms with van der Waals surface area (Å²) in [5, 5.41) is 3.41. The van der Waals surface area contributed by atoms with Gasteiger partial charge < -0.3 is 15.0 Å². The number of nitrogens with zero attached hydrogens (tertiary/aromatic N) is 3. The van der Waals surface area contributed by atoms with E-state index in [1.807, 2.05) is 12.1 Å². The summed E-state index contributed by atoms with van der Waals surface area (Å²) < 4.78 is 5.32. The van der Waals surface area contributed by atoms with E-state index in [-0.39, 0.29) is 24.0 Å². The molecule has 2 heterocycles. The Labute approximate surface area is 166 Å². The number of rotatable bonds is 4. The molecule has 0 radical (unpaired) electrons. The van der Waals surface area contributed by atoms with Crippen LogP contribution in [0.4, 0.5) is 0 Å². The minimum absolute atomic E-state index is 0. The van der Waals surface area contributed by atoms with Crippen molar-refractivity contribution >= 4 is 29.9 Å². The molecule has 0 fully saturated rings. The van der Waals surface area contributed by atoms with Crippen molar-refractivity contribution in [2.75, 3.05) is 20.2 Å². The third-order valence-corrected chi connectivity index (χ3v) is 4.21. The number of pyridine rings is 1. The van der Waals surface area contributed by atoms with E-state index in [1.54, 1.807) is 13.3 Å². The topological polar surface area (TPSA) is 49.8 Å². The van der Waals surface area contributed by atoms with Gasteiger partial charge in [-0.15, -0.1) is 24.0 Å². The lowest BCUT2D eigenvalue weighted by molar-refractivity contribution is 0.377. The minimum Gasteiger partial charge on any atom is -0.481 e. The fourth-order valence-corrected chi connectivity index (χ4v) is 2.99. The van der Waals surface area contributed by atoms with Crippen LogP contribution in [0, 0.1) is 0 Å². The number of methoxy groups -OCH3 is 1. The van der Waals surface area contributed by atoms with Gasteiger partial charge in [-0.1, -0.05) is 30.3 Å². The molecule has 2 aromatic rings. The highest BCUT2D eigenvalue weighted by Crippen LogP contribution is 2.19. The number of guanidine groups is 1. The maximum Gasteiger partial charge on any atom is 0.218 e. The van der Waals surface area contributed by atoms with Crippen molar-refractivity contribution in [3.05, 3.63) is 59.3 Å². The van der Waals surface area contributed by atoms with Gasteiger partial charge in [0.05, 0.1) is 13.7 Å². The fourth-order valence-electron chi connectivity index (χ4n) is 2.99. The molecule has 0 amide bonds. The fraction of sp³-hybridized carbons (Fsp3) is 0.368. The lowest BCUT2D eigenvalue weighted by Gasteiger charge is -2.31. The highest BCUT2D eigenvalue weighted by atomic mass is 127. The van der Waals surface area contributed by atoms with Gasteiger partial charge >= 0.3 is 0 Å². The Balaban J connectivity index is 0.00000225. The third-order valence-electron chi connectivity index (χ3n) is 4.21.